The SMILES string of the molecule is CCN(/C=C(/C(=Cc1ccccc1)N(C)C)c1ccccc1)CC. The Morgan fingerprint density at radius 2 is 1.38 bits per heavy atom. The van der Waals surface area contributed by atoms with E-state index in [2.05, 4.69) is 111 Å². The fourth-order valence-corrected chi connectivity index (χ4v) is 2.65. The first kappa shape index (κ1) is 17.9. The number of hydrogen-bond acceptors (Lipinski definition) is 2. The minimum absolute atomic E-state index is 0.999. The molecule has 0 aliphatic heterocycles. The maximum absolute atomic E-state index is 2.34. The van der Waals surface area contributed by atoms with Gasteiger partial charge in [-0.3, -0.25) is 0 Å². The van der Waals surface area contributed by atoms with E-state index < -0.39 is 0 Å². The van der Waals surface area contributed by atoms with Crippen LogP contribution in [0, 0.1) is 0 Å². The maximum Gasteiger partial charge on any atom is 0.0461 e. The van der Waals surface area contributed by atoms with E-state index in [-0.39, 0.29) is 0 Å². The quantitative estimate of drug-likeness (QED) is 0.664. The number of likely N-dealkylation sites (N-methyl/N-ethyl adjacent to an activating group) is 1. The molecule has 2 aromatic carbocycles. The number of allylic oxidation sites excluding steroid dienone is 1. The summed E-state index contributed by atoms with van der Waals surface area (Å²) in [6, 6.07) is 21.1. The Morgan fingerprint density at radius 1 is 0.833 bits per heavy atom. The van der Waals surface area contributed by atoms with Crippen LogP contribution in [0.2, 0.25) is 0 Å². The van der Waals surface area contributed by atoms with Crippen LogP contribution in [-0.2, 0) is 0 Å². The Hall–Kier alpha value is -2.48. The van der Waals surface area contributed by atoms with Crippen molar-refractivity contribution >= 4 is 11.6 Å². The van der Waals surface area contributed by atoms with Gasteiger partial charge in [0.05, 0.1) is 0 Å². The second-order valence-electron chi connectivity index (χ2n) is 5.96. The molecule has 0 unspecified atom stereocenters. The molecule has 0 fully saturated rings. The van der Waals surface area contributed by atoms with E-state index in [1.165, 1.54) is 22.4 Å². The van der Waals surface area contributed by atoms with Crippen molar-refractivity contribution in [2.24, 2.45) is 0 Å². The third-order valence-corrected chi connectivity index (χ3v) is 4.07. The summed E-state index contributed by atoms with van der Waals surface area (Å²) in [6.07, 6.45) is 4.53. The smallest absolute Gasteiger partial charge is 0.0461 e. The van der Waals surface area contributed by atoms with Crippen LogP contribution in [0.4, 0.5) is 0 Å². The number of hydrogen-bond donors (Lipinski definition) is 0. The molecule has 24 heavy (non-hydrogen) atoms. The van der Waals surface area contributed by atoms with Crippen LogP contribution in [0.15, 0.2) is 72.6 Å². The Kier molecular flexibility index (Phi) is 6.68. The Morgan fingerprint density at radius 3 is 1.88 bits per heavy atom. The van der Waals surface area contributed by atoms with Gasteiger partial charge in [-0.1, -0.05) is 60.7 Å². The highest BCUT2D eigenvalue weighted by atomic mass is 15.1. The molecular weight excluding hydrogens is 292 g/mol. The summed E-state index contributed by atoms with van der Waals surface area (Å²) in [6.45, 7) is 6.38. The van der Waals surface area contributed by atoms with E-state index in [9.17, 15) is 0 Å². The number of nitrogens with zero attached hydrogens (tertiary/aromatic N) is 2. The summed E-state index contributed by atoms with van der Waals surface area (Å²) < 4.78 is 0. The van der Waals surface area contributed by atoms with Gasteiger partial charge in [-0.15, -0.1) is 0 Å². The van der Waals surface area contributed by atoms with Gasteiger partial charge in [0.15, 0.2) is 0 Å². The lowest BCUT2D eigenvalue weighted by molar-refractivity contribution is 0.418. The molecule has 2 heteroatoms. The minimum atomic E-state index is 0.999. The zero-order valence-electron chi connectivity index (χ0n) is 15.2. The molecule has 0 heterocycles. The highest BCUT2D eigenvalue weighted by molar-refractivity contribution is 5.83. The molecule has 0 N–H and O–H groups in total. The normalized spacial score (nSPS) is 12.2. The molecule has 0 atom stereocenters. The van der Waals surface area contributed by atoms with Crippen molar-refractivity contribution < 1.29 is 0 Å². The summed E-state index contributed by atoms with van der Waals surface area (Å²) in [5.74, 6) is 0. The number of benzene rings is 2. The fourth-order valence-electron chi connectivity index (χ4n) is 2.65. The predicted molar refractivity (Wildman–Crippen MR) is 105 cm³/mol. The highest BCUT2D eigenvalue weighted by Gasteiger charge is 2.12. The zero-order valence-corrected chi connectivity index (χ0v) is 15.2. The van der Waals surface area contributed by atoms with Gasteiger partial charge in [0.1, 0.15) is 0 Å². The van der Waals surface area contributed by atoms with Crippen LogP contribution in [0.3, 0.4) is 0 Å². The van der Waals surface area contributed by atoms with E-state index in [1.807, 2.05) is 0 Å². The Bertz CT molecular complexity index is 666. The average Bonchev–Trinajstić information content (AvgIpc) is 2.63. The molecule has 0 saturated carbocycles. The van der Waals surface area contributed by atoms with Gasteiger partial charge in [-0.05, 0) is 31.1 Å². The summed E-state index contributed by atoms with van der Waals surface area (Å²) in [5, 5.41) is 0. The van der Waals surface area contributed by atoms with Crippen LogP contribution in [0.5, 0.6) is 0 Å². The summed E-state index contributed by atoms with van der Waals surface area (Å²) in [5.41, 5.74) is 4.90. The third kappa shape index (κ3) is 4.76. The molecule has 0 aliphatic rings. The first-order chi connectivity index (χ1) is 11.7. The van der Waals surface area contributed by atoms with Gasteiger partial charge in [0, 0.05) is 44.7 Å². The first-order valence-electron chi connectivity index (χ1n) is 8.61. The summed E-state index contributed by atoms with van der Waals surface area (Å²) in [7, 11) is 4.21. The van der Waals surface area contributed by atoms with E-state index in [0.717, 1.165) is 13.1 Å². The molecule has 0 aliphatic carbocycles. The van der Waals surface area contributed by atoms with E-state index in [1.54, 1.807) is 0 Å². The topological polar surface area (TPSA) is 6.48 Å². The van der Waals surface area contributed by atoms with E-state index in [4.69, 9.17) is 0 Å². The molecule has 0 spiro atoms. The third-order valence-electron chi connectivity index (χ3n) is 4.07. The predicted octanol–water partition coefficient (Wildman–Crippen LogP) is 4.97. The zero-order chi connectivity index (χ0) is 17.4. The number of rotatable bonds is 7. The molecular formula is C22H28N2. The van der Waals surface area contributed by atoms with Crippen molar-refractivity contribution in [2.75, 3.05) is 27.2 Å². The molecule has 2 rings (SSSR count). The van der Waals surface area contributed by atoms with Crippen molar-refractivity contribution in [3.63, 3.8) is 0 Å². The lowest BCUT2D eigenvalue weighted by Gasteiger charge is -2.24. The lowest BCUT2D eigenvalue weighted by atomic mass is 10.0. The Balaban J connectivity index is 2.56. The van der Waals surface area contributed by atoms with Crippen molar-refractivity contribution in [2.45, 2.75) is 13.8 Å². The van der Waals surface area contributed by atoms with E-state index in [0.29, 0.717) is 0 Å². The molecule has 0 amide bonds. The van der Waals surface area contributed by atoms with Crippen LogP contribution in [0.25, 0.3) is 11.6 Å². The van der Waals surface area contributed by atoms with E-state index >= 15 is 0 Å². The molecule has 0 aromatic heterocycles. The van der Waals surface area contributed by atoms with Crippen LogP contribution < -0.4 is 0 Å². The van der Waals surface area contributed by atoms with Crippen LogP contribution in [0.1, 0.15) is 25.0 Å². The van der Waals surface area contributed by atoms with Gasteiger partial charge in [0.25, 0.3) is 0 Å². The molecule has 126 valence electrons. The van der Waals surface area contributed by atoms with Crippen molar-refractivity contribution in [1.82, 2.24) is 9.80 Å². The molecule has 2 nitrogen and oxygen atoms in total. The maximum atomic E-state index is 2.34. The largest absolute Gasteiger partial charge is 0.377 e. The van der Waals surface area contributed by atoms with Crippen LogP contribution >= 0.6 is 0 Å². The Labute approximate surface area is 146 Å². The summed E-state index contributed by atoms with van der Waals surface area (Å²) in [4.78, 5) is 4.53. The lowest BCUT2D eigenvalue weighted by Crippen LogP contribution is -2.19. The van der Waals surface area contributed by atoms with Gasteiger partial charge in [0.2, 0.25) is 0 Å². The second kappa shape index (κ2) is 8.97. The van der Waals surface area contributed by atoms with Crippen molar-refractivity contribution in [3.05, 3.63) is 83.7 Å². The second-order valence-corrected chi connectivity index (χ2v) is 5.96. The first-order valence-corrected chi connectivity index (χ1v) is 8.61. The molecule has 0 saturated heterocycles. The summed E-state index contributed by atoms with van der Waals surface area (Å²) >= 11 is 0. The fraction of sp³-hybridized carbons (Fsp3) is 0.273. The standard InChI is InChI=1S/C22H28N2/c1-5-24(6-2)18-21(20-15-11-8-12-16-20)22(23(3)4)17-19-13-9-7-10-14-19/h7-18H,5-6H2,1-4H3/b21-18+,22-17?. The average molecular weight is 320 g/mol. The van der Waals surface area contributed by atoms with Gasteiger partial charge in [-0.25, -0.2) is 0 Å². The van der Waals surface area contributed by atoms with Gasteiger partial charge in [-0.2, -0.15) is 0 Å². The molecule has 2 aromatic rings. The molecule has 0 radical (unpaired) electrons. The van der Waals surface area contributed by atoms with Gasteiger partial charge >= 0.3 is 0 Å². The minimum Gasteiger partial charge on any atom is -0.377 e. The van der Waals surface area contributed by atoms with Crippen LogP contribution in [-0.4, -0.2) is 37.0 Å². The highest BCUT2D eigenvalue weighted by Crippen LogP contribution is 2.27. The van der Waals surface area contributed by atoms with Crippen molar-refractivity contribution in [3.8, 4) is 0 Å². The van der Waals surface area contributed by atoms with Crippen molar-refractivity contribution in [1.29, 1.82) is 0 Å². The molecule has 0 bridgehead atoms. The monoisotopic (exact) mass is 320 g/mol. The van der Waals surface area contributed by atoms with Gasteiger partial charge < -0.3 is 9.80 Å².